The summed E-state index contributed by atoms with van der Waals surface area (Å²) < 4.78 is 13.8. The highest BCUT2D eigenvalue weighted by atomic mass is 35.5. The number of rotatable bonds is 4. The third-order valence-corrected chi connectivity index (χ3v) is 4.57. The molecule has 0 aromatic heterocycles. The van der Waals surface area contributed by atoms with E-state index in [1.807, 2.05) is 0 Å². The van der Waals surface area contributed by atoms with E-state index in [-0.39, 0.29) is 30.6 Å². The Bertz CT molecular complexity index is 812. The van der Waals surface area contributed by atoms with Crippen molar-refractivity contribution in [2.75, 3.05) is 18.5 Å². The van der Waals surface area contributed by atoms with Crippen LogP contribution in [0.2, 0.25) is 5.02 Å². The summed E-state index contributed by atoms with van der Waals surface area (Å²) in [6, 6.07) is 13.4. The lowest BCUT2D eigenvalue weighted by molar-refractivity contribution is -0.135. The van der Waals surface area contributed by atoms with Gasteiger partial charge in [0.1, 0.15) is 5.82 Å². The molecule has 6 heteroatoms. The van der Waals surface area contributed by atoms with E-state index < -0.39 is 5.92 Å². The Morgan fingerprint density at radius 2 is 2.04 bits per heavy atom. The van der Waals surface area contributed by atoms with Gasteiger partial charge >= 0.3 is 0 Å². The molecule has 1 aliphatic heterocycles. The number of nitrogens with zero attached hydrogens (tertiary/aromatic N) is 2. The van der Waals surface area contributed by atoms with E-state index in [4.69, 9.17) is 11.6 Å². The number of carbonyl (C=O) groups is 2. The quantitative estimate of drug-likeness (QED) is 0.837. The lowest BCUT2D eigenvalue weighted by Gasteiger charge is -2.22. The SMILES string of the molecule is CN(Cc1ccccc1F)C(=O)C1CC(=O)N(c2cccc(Cl)c2)C1. The first-order valence-electron chi connectivity index (χ1n) is 8.00. The Balaban J connectivity index is 1.69. The molecule has 1 fully saturated rings. The first-order valence-corrected chi connectivity index (χ1v) is 8.38. The van der Waals surface area contributed by atoms with Crippen LogP contribution in [0.5, 0.6) is 0 Å². The number of hydrogen-bond donors (Lipinski definition) is 0. The number of carbonyl (C=O) groups excluding carboxylic acids is 2. The first-order chi connectivity index (χ1) is 12.0. The molecular weight excluding hydrogens is 343 g/mol. The summed E-state index contributed by atoms with van der Waals surface area (Å²) in [5.41, 5.74) is 1.14. The Kier molecular flexibility index (Phi) is 5.04. The predicted molar refractivity (Wildman–Crippen MR) is 94.8 cm³/mol. The third-order valence-electron chi connectivity index (χ3n) is 4.34. The first kappa shape index (κ1) is 17.4. The van der Waals surface area contributed by atoms with Gasteiger partial charge < -0.3 is 9.80 Å². The van der Waals surface area contributed by atoms with Gasteiger partial charge in [0, 0.05) is 42.8 Å². The Morgan fingerprint density at radius 1 is 1.28 bits per heavy atom. The number of anilines is 1. The van der Waals surface area contributed by atoms with Crippen LogP contribution in [-0.4, -0.2) is 30.3 Å². The zero-order valence-corrected chi connectivity index (χ0v) is 14.5. The number of hydrogen-bond acceptors (Lipinski definition) is 2. The van der Waals surface area contributed by atoms with Crippen molar-refractivity contribution in [2.24, 2.45) is 5.92 Å². The predicted octanol–water partition coefficient (Wildman–Crippen LogP) is 3.49. The van der Waals surface area contributed by atoms with Crippen LogP contribution in [0.25, 0.3) is 0 Å². The van der Waals surface area contributed by atoms with Crippen LogP contribution >= 0.6 is 11.6 Å². The molecule has 1 atom stereocenters. The Morgan fingerprint density at radius 3 is 2.76 bits per heavy atom. The van der Waals surface area contributed by atoms with Gasteiger partial charge in [0.05, 0.1) is 5.92 Å². The molecule has 25 heavy (non-hydrogen) atoms. The minimum atomic E-state index is -0.441. The van der Waals surface area contributed by atoms with Gasteiger partial charge in [0.2, 0.25) is 11.8 Å². The maximum atomic E-state index is 13.8. The monoisotopic (exact) mass is 360 g/mol. The molecule has 0 saturated carbocycles. The lowest BCUT2D eigenvalue weighted by atomic mass is 10.1. The van der Waals surface area contributed by atoms with Crippen molar-refractivity contribution in [3.63, 3.8) is 0 Å². The highest BCUT2D eigenvalue weighted by Gasteiger charge is 2.36. The van der Waals surface area contributed by atoms with Crippen molar-refractivity contribution in [3.8, 4) is 0 Å². The van der Waals surface area contributed by atoms with Gasteiger partial charge in [-0.25, -0.2) is 4.39 Å². The second-order valence-electron chi connectivity index (χ2n) is 6.17. The van der Waals surface area contributed by atoms with Gasteiger partial charge in [-0.15, -0.1) is 0 Å². The highest BCUT2D eigenvalue weighted by Crippen LogP contribution is 2.28. The average molecular weight is 361 g/mol. The van der Waals surface area contributed by atoms with Crippen LogP contribution in [0.4, 0.5) is 10.1 Å². The fraction of sp³-hybridized carbons (Fsp3) is 0.263. The maximum absolute atomic E-state index is 13.8. The van der Waals surface area contributed by atoms with Gasteiger partial charge in [-0.2, -0.15) is 0 Å². The van der Waals surface area contributed by atoms with E-state index >= 15 is 0 Å². The topological polar surface area (TPSA) is 40.6 Å². The van der Waals surface area contributed by atoms with Gasteiger partial charge in [0.15, 0.2) is 0 Å². The van der Waals surface area contributed by atoms with Gasteiger partial charge in [-0.3, -0.25) is 9.59 Å². The van der Waals surface area contributed by atoms with Gasteiger partial charge in [-0.1, -0.05) is 35.9 Å². The molecule has 1 aliphatic rings. The summed E-state index contributed by atoms with van der Waals surface area (Å²) in [7, 11) is 1.63. The smallest absolute Gasteiger partial charge is 0.228 e. The van der Waals surface area contributed by atoms with E-state index in [2.05, 4.69) is 0 Å². The minimum Gasteiger partial charge on any atom is -0.341 e. The summed E-state index contributed by atoms with van der Waals surface area (Å²) in [6.45, 7) is 0.479. The van der Waals surface area contributed by atoms with E-state index in [9.17, 15) is 14.0 Å². The largest absolute Gasteiger partial charge is 0.341 e. The molecular formula is C19H18ClFN2O2. The summed E-state index contributed by atoms with van der Waals surface area (Å²) in [4.78, 5) is 28.0. The summed E-state index contributed by atoms with van der Waals surface area (Å²) in [6.07, 6.45) is 0.146. The molecule has 2 aromatic carbocycles. The van der Waals surface area contributed by atoms with Crippen LogP contribution in [0, 0.1) is 11.7 Å². The number of benzene rings is 2. The van der Waals surface area contributed by atoms with Crippen molar-refractivity contribution in [2.45, 2.75) is 13.0 Å². The normalized spacial score (nSPS) is 17.0. The van der Waals surface area contributed by atoms with Crippen molar-refractivity contribution in [3.05, 3.63) is 64.9 Å². The van der Waals surface area contributed by atoms with Crippen LogP contribution in [0.15, 0.2) is 48.5 Å². The van der Waals surface area contributed by atoms with Crippen LogP contribution in [-0.2, 0) is 16.1 Å². The molecule has 4 nitrogen and oxygen atoms in total. The molecule has 1 saturated heterocycles. The summed E-state index contributed by atoms with van der Waals surface area (Å²) in [5, 5.41) is 0.539. The van der Waals surface area contributed by atoms with Crippen LogP contribution < -0.4 is 4.90 Å². The number of amides is 2. The fourth-order valence-corrected chi connectivity index (χ4v) is 3.22. The van der Waals surface area contributed by atoms with Crippen molar-refractivity contribution in [1.82, 2.24) is 4.90 Å². The molecule has 0 radical (unpaired) electrons. The Labute approximate surface area is 150 Å². The molecule has 1 unspecified atom stereocenters. The summed E-state index contributed by atoms with van der Waals surface area (Å²) in [5.74, 6) is -1.06. The Hall–Kier alpha value is -2.40. The van der Waals surface area contributed by atoms with Crippen LogP contribution in [0.1, 0.15) is 12.0 Å². The zero-order chi connectivity index (χ0) is 18.0. The molecule has 1 heterocycles. The molecule has 3 rings (SSSR count). The van der Waals surface area contributed by atoms with Crippen molar-refractivity contribution in [1.29, 1.82) is 0 Å². The highest BCUT2D eigenvalue weighted by molar-refractivity contribution is 6.31. The molecule has 0 aliphatic carbocycles. The third kappa shape index (κ3) is 3.82. The maximum Gasteiger partial charge on any atom is 0.228 e. The minimum absolute atomic E-state index is 0.111. The second kappa shape index (κ2) is 7.23. The van der Waals surface area contributed by atoms with E-state index in [0.29, 0.717) is 22.8 Å². The lowest BCUT2D eigenvalue weighted by Crippen LogP contribution is -2.34. The summed E-state index contributed by atoms with van der Waals surface area (Å²) >= 11 is 5.98. The van der Waals surface area contributed by atoms with Crippen molar-refractivity contribution < 1.29 is 14.0 Å². The van der Waals surface area contributed by atoms with Gasteiger partial charge in [-0.05, 0) is 24.3 Å². The van der Waals surface area contributed by atoms with Gasteiger partial charge in [0.25, 0.3) is 0 Å². The molecule has 0 N–H and O–H groups in total. The number of halogens is 2. The second-order valence-corrected chi connectivity index (χ2v) is 6.61. The zero-order valence-electron chi connectivity index (χ0n) is 13.8. The van der Waals surface area contributed by atoms with E-state index in [0.717, 1.165) is 0 Å². The molecule has 2 aromatic rings. The van der Waals surface area contributed by atoms with E-state index in [1.165, 1.54) is 11.0 Å². The van der Waals surface area contributed by atoms with E-state index in [1.54, 1.807) is 54.4 Å². The molecule has 130 valence electrons. The fourth-order valence-electron chi connectivity index (χ4n) is 3.04. The molecule has 0 spiro atoms. The molecule has 2 amide bonds. The van der Waals surface area contributed by atoms with Crippen molar-refractivity contribution >= 4 is 29.1 Å². The average Bonchev–Trinajstić information content (AvgIpc) is 2.98. The van der Waals surface area contributed by atoms with Crippen LogP contribution in [0.3, 0.4) is 0 Å². The standard InChI is InChI=1S/C19H18ClFN2O2/c1-22(11-13-5-2-3-8-17(13)21)19(25)14-9-18(24)23(12-14)16-7-4-6-15(20)10-16/h2-8,10,14H,9,11-12H2,1H3. The molecule has 0 bridgehead atoms.